The van der Waals surface area contributed by atoms with Crippen molar-refractivity contribution >= 4 is 32.0 Å². The quantitative estimate of drug-likeness (QED) is 0.619. The van der Waals surface area contributed by atoms with Crippen LogP contribution in [0.3, 0.4) is 0 Å². The third-order valence-electron chi connectivity index (χ3n) is 3.32. The molecule has 0 fully saturated rings. The normalized spacial score (nSPS) is 12.6. The fraction of sp³-hybridized carbons (Fsp3) is 0.200. The average molecular weight is 368 g/mol. The Kier molecular flexibility index (Phi) is 5.35. The van der Waals surface area contributed by atoms with Gasteiger partial charge in [0.15, 0.2) is 9.84 Å². The third kappa shape index (κ3) is 4.18. The first kappa shape index (κ1) is 18.1. The van der Waals surface area contributed by atoms with Crippen molar-refractivity contribution in [2.75, 3.05) is 17.8 Å². The lowest BCUT2D eigenvalue weighted by molar-refractivity contribution is -0.386. The van der Waals surface area contributed by atoms with Gasteiger partial charge in [0.2, 0.25) is 0 Å². The van der Waals surface area contributed by atoms with Crippen LogP contribution < -0.4 is 5.32 Å². The van der Waals surface area contributed by atoms with Crippen LogP contribution in [0.2, 0.25) is 0 Å². The molecule has 0 heterocycles. The van der Waals surface area contributed by atoms with E-state index in [1.165, 1.54) is 18.2 Å². The van der Waals surface area contributed by atoms with Crippen molar-refractivity contribution in [2.45, 2.75) is 16.3 Å². The highest BCUT2D eigenvalue weighted by Crippen LogP contribution is 2.32. The first-order valence-electron chi connectivity index (χ1n) is 6.84. The van der Waals surface area contributed by atoms with Crippen LogP contribution in [0, 0.1) is 10.1 Å². The predicted molar refractivity (Wildman–Crippen MR) is 92.3 cm³/mol. The summed E-state index contributed by atoms with van der Waals surface area (Å²) in [5, 5.41) is 14.2. The fourth-order valence-electron chi connectivity index (χ4n) is 2.15. The molecule has 7 nitrogen and oxygen atoms in total. The highest BCUT2D eigenvalue weighted by molar-refractivity contribution is 7.90. The molecule has 0 amide bonds. The van der Waals surface area contributed by atoms with Gasteiger partial charge in [-0.1, -0.05) is 18.2 Å². The van der Waals surface area contributed by atoms with Gasteiger partial charge in [-0.05, 0) is 29.8 Å². The van der Waals surface area contributed by atoms with Gasteiger partial charge in [0.25, 0.3) is 0 Å². The molecule has 0 spiro atoms. The van der Waals surface area contributed by atoms with Crippen LogP contribution in [0.4, 0.5) is 11.4 Å². The Balaban J connectivity index is 2.30. The van der Waals surface area contributed by atoms with Gasteiger partial charge < -0.3 is 5.32 Å². The Morgan fingerprint density at radius 1 is 1.17 bits per heavy atom. The first-order valence-corrected chi connectivity index (χ1v) is 10.3. The zero-order valence-corrected chi connectivity index (χ0v) is 14.7. The average Bonchev–Trinajstić information content (AvgIpc) is 2.51. The minimum atomic E-state index is -3.71. The number of anilines is 1. The van der Waals surface area contributed by atoms with Gasteiger partial charge in [0.1, 0.15) is 10.6 Å². The van der Waals surface area contributed by atoms with Crippen molar-refractivity contribution in [3.8, 4) is 0 Å². The summed E-state index contributed by atoms with van der Waals surface area (Å²) < 4.78 is 34.8. The number of nitrogens with zero attached hydrogens (tertiary/aromatic N) is 1. The number of hydrogen-bond acceptors (Lipinski definition) is 6. The Morgan fingerprint density at radius 3 is 2.29 bits per heavy atom. The van der Waals surface area contributed by atoms with E-state index in [1.54, 1.807) is 30.5 Å². The van der Waals surface area contributed by atoms with Crippen molar-refractivity contribution < 1.29 is 17.6 Å². The standard InChI is InChI=1S/C15H16N2O5S2/c1-23(20)12-8-6-11(7-9-12)10-16-13-4-3-5-14(24(2,21)22)15(13)17(18)19/h3-9,16H,10H2,1-2H3. The number of sulfone groups is 1. The Labute approximate surface area is 142 Å². The molecule has 0 saturated carbocycles. The van der Waals surface area contributed by atoms with Crippen LogP contribution in [-0.4, -0.2) is 30.1 Å². The second-order valence-electron chi connectivity index (χ2n) is 5.13. The second-order valence-corrected chi connectivity index (χ2v) is 8.50. The van der Waals surface area contributed by atoms with Crippen molar-refractivity contribution in [3.63, 3.8) is 0 Å². The van der Waals surface area contributed by atoms with Crippen LogP contribution >= 0.6 is 0 Å². The highest BCUT2D eigenvalue weighted by atomic mass is 32.2. The summed E-state index contributed by atoms with van der Waals surface area (Å²) in [7, 11) is -4.79. The molecule has 0 aliphatic rings. The number of nitro benzene ring substituents is 1. The van der Waals surface area contributed by atoms with Crippen LogP contribution in [0.25, 0.3) is 0 Å². The van der Waals surface area contributed by atoms with Crippen LogP contribution in [-0.2, 0) is 27.2 Å². The third-order valence-corrected chi connectivity index (χ3v) is 5.38. The van der Waals surface area contributed by atoms with E-state index in [1.807, 2.05) is 0 Å². The molecule has 2 aromatic carbocycles. The van der Waals surface area contributed by atoms with E-state index in [4.69, 9.17) is 0 Å². The van der Waals surface area contributed by atoms with E-state index in [-0.39, 0.29) is 17.1 Å². The molecule has 1 atom stereocenters. The molecule has 1 unspecified atom stereocenters. The van der Waals surface area contributed by atoms with Crippen molar-refractivity contribution in [3.05, 3.63) is 58.1 Å². The molecule has 1 N–H and O–H groups in total. The van der Waals surface area contributed by atoms with Gasteiger partial charge in [0, 0.05) is 34.8 Å². The lowest BCUT2D eigenvalue weighted by Crippen LogP contribution is -2.07. The molecule has 0 aliphatic heterocycles. The Morgan fingerprint density at radius 2 is 1.79 bits per heavy atom. The van der Waals surface area contributed by atoms with Gasteiger partial charge in [-0.15, -0.1) is 0 Å². The molecule has 0 saturated heterocycles. The maximum Gasteiger partial charge on any atom is 0.310 e. The molecule has 0 radical (unpaired) electrons. The van der Waals surface area contributed by atoms with Crippen molar-refractivity contribution in [1.29, 1.82) is 0 Å². The lowest BCUT2D eigenvalue weighted by atomic mass is 10.2. The first-order chi connectivity index (χ1) is 11.2. The summed E-state index contributed by atoms with van der Waals surface area (Å²) >= 11 is 0. The van der Waals surface area contributed by atoms with Gasteiger partial charge in [-0.3, -0.25) is 14.3 Å². The van der Waals surface area contributed by atoms with Crippen molar-refractivity contribution in [1.82, 2.24) is 0 Å². The fourth-order valence-corrected chi connectivity index (χ4v) is 3.53. The van der Waals surface area contributed by atoms with Gasteiger partial charge in [-0.25, -0.2) is 8.42 Å². The second kappa shape index (κ2) is 7.10. The monoisotopic (exact) mass is 368 g/mol. The Hall–Kier alpha value is -2.26. The van der Waals surface area contributed by atoms with E-state index in [0.717, 1.165) is 11.8 Å². The molecule has 0 aliphatic carbocycles. The van der Waals surface area contributed by atoms with Crippen LogP contribution in [0.5, 0.6) is 0 Å². The lowest BCUT2D eigenvalue weighted by Gasteiger charge is -2.10. The molecule has 2 rings (SSSR count). The topological polar surface area (TPSA) is 106 Å². The number of hydrogen-bond donors (Lipinski definition) is 1. The molecule has 24 heavy (non-hydrogen) atoms. The van der Waals surface area contributed by atoms with Crippen LogP contribution in [0.15, 0.2) is 52.3 Å². The SMILES string of the molecule is CS(=O)c1ccc(CNc2cccc(S(C)(=O)=O)c2[N+](=O)[O-])cc1. The number of nitrogens with one attached hydrogen (secondary N) is 1. The van der Waals surface area contributed by atoms with Crippen LogP contribution in [0.1, 0.15) is 5.56 Å². The maximum atomic E-state index is 11.7. The zero-order valence-electron chi connectivity index (χ0n) is 13.1. The summed E-state index contributed by atoms with van der Waals surface area (Å²) in [6.45, 7) is 0.269. The molecule has 2 aromatic rings. The Bertz CT molecular complexity index is 893. The minimum Gasteiger partial charge on any atom is -0.375 e. The van der Waals surface area contributed by atoms with E-state index >= 15 is 0 Å². The summed E-state index contributed by atoms with van der Waals surface area (Å²) in [6, 6.07) is 11.1. The molecular weight excluding hydrogens is 352 g/mol. The highest BCUT2D eigenvalue weighted by Gasteiger charge is 2.25. The zero-order chi connectivity index (χ0) is 17.9. The molecule has 0 bridgehead atoms. The van der Waals surface area contributed by atoms with Crippen molar-refractivity contribution in [2.24, 2.45) is 0 Å². The summed E-state index contributed by atoms with van der Waals surface area (Å²) in [5.74, 6) is 0. The number of benzene rings is 2. The largest absolute Gasteiger partial charge is 0.375 e. The minimum absolute atomic E-state index is 0.131. The molecule has 0 aromatic heterocycles. The van der Waals surface area contributed by atoms with Gasteiger partial charge >= 0.3 is 5.69 Å². The molecular formula is C15H16N2O5S2. The number of para-hydroxylation sites is 1. The summed E-state index contributed by atoms with van der Waals surface area (Å²) in [6.07, 6.45) is 2.51. The summed E-state index contributed by atoms with van der Waals surface area (Å²) in [4.78, 5) is 10.9. The smallest absolute Gasteiger partial charge is 0.310 e. The van der Waals surface area contributed by atoms with E-state index < -0.39 is 31.2 Å². The predicted octanol–water partition coefficient (Wildman–Crippen LogP) is 2.35. The molecule has 9 heteroatoms. The maximum absolute atomic E-state index is 11.7. The van der Waals surface area contributed by atoms with E-state index in [9.17, 15) is 22.7 Å². The van der Waals surface area contributed by atoms with Gasteiger partial charge in [-0.2, -0.15) is 0 Å². The number of nitro groups is 1. The van der Waals surface area contributed by atoms with E-state index in [0.29, 0.717) is 4.90 Å². The number of rotatable bonds is 6. The summed E-state index contributed by atoms with van der Waals surface area (Å²) in [5.41, 5.74) is 0.487. The molecule has 128 valence electrons. The van der Waals surface area contributed by atoms with Gasteiger partial charge in [0.05, 0.1) is 4.92 Å². The van der Waals surface area contributed by atoms with E-state index in [2.05, 4.69) is 5.32 Å².